The van der Waals surface area contributed by atoms with E-state index in [1.165, 1.54) is 0 Å². The van der Waals surface area contributed by atoms with Crippen molar-refractivity contribution in [1.82, 2.24) is 0 Å². The van der Waals surface area contributed by atoms with Gasteiger partial charge in [0.05, 0.1) is 0 Å². The fraction of sp³-hybridized carbons (Fsp3) is 0.200. The molecule has 1 heterocycles. The quantitative estimate of drug-likeness (QED) is 0.598. The number of nitrogens with one attached hydrogen (secondary N) is 2. The molecule has 26 heavy (non-hydrogen) atoms. The van der Waals surface area contributed by atoms with Gasteiger partial charge in [-0.15, -0.1) is 0 Å². The lowest BCUT2D eigenvalue weighted by Gasteiger charge is -2.11. The highest BCUT2D eigenvalue weighted by Crippen LogP contribution is 2.29. The van der Waals surface area contributed by atoms with Crippen molar-refractivity contribution in [3.8, 4) is 0 Å². The third-order valence-electron chi connectivity index (χ3n) is 4.20. The first-order chi connectivity index (χ1) is 12.4. The molecule has 0 bridgehead atoms. The average molecular weight is 415 g/mol. The number of halogens is 1. The van der Waals surface area contributed by atoms with Crippen molar-refractivity contribution >= 4 is 50.1 Å². The number of rotatable bonds is 4. The lowest BCUT2D eigenvalue weighted by atomic mass is 10.1. The van der Waals surface area contributed by atoms with Crippen LogP contribution in [0.2, 0.25) is 0 Å². The highest BCUT2D eigenvalue weighted by Gasteiger charge is 2.18. The zero-order valence-corrected chi connectivity index (χ0v) is 16.4. The first kappa shape index (κ1) is 18.2. The molecular formula is C20H19BrN2O3. The van der Waals surface area contributed by atoms with Crippen LogP contribution in [-0.4, -0.2) is 11.8 Å². The summed E-state index contributed by atoms with van der Waals surface area (Å²) in [6.45, 7) is 5.54. The molecule has 134 valence electrons. The largest absolute Gasteiger partial charge is 0.451 e. The zero-order valence-electron chi connectivity index (χ0n) is 14.8. The summed E-state index contributed by atoms with van der Waals surface area (Å²) in [4.78, 5) is 24.3. The molecule has 0 radical (unpaired) electrons. The lowest BCUT2D eigenvalue weighted by Crippen LogP contribution is -2.14. The predicted molar refractivity (Wildman–Crippen MR) is 107 cm³/mol. The van der Waals surface area contributed by atoms with Crippen LogP contribution in [0.5, 0.6) is 0 Å². The van der Waals surface area contributed by atoms with Crippen molar-refractivity contribution in [1.29, 1.82) is 0 Å². The molecule has 0 atom stereocenters. The summed E-state index contributed by atoms with van der Waals surface area (Å²) in [6.07, 6.45) is 0.392. The summed E-state index contributed by atoms with van der Waals surface area (Å²) in [6, 6.07) is 11.0. The van der Waals surface area contributed by atoms with Gasteiger partial charge in [0, 0.05) is 33.2 Å². The molecule has 5 nitrogen and oxygen atoms in total. The van der Waals surface area contributed by atoms with E-state index in [2.05, 4.69) is 26.6 Å². The van der Waals surface area contributed by atoms with Crippen molar-refractivity contribution in [3.05, 3.63) is 57.8 Å². The van der Waals surface area contributed by atoms with Gasteiger partial charge in [-0.2, -0.15) is 0 Å². The van der Waals surface area contributed by atoms with Crippen LogP contribution < -0.4 is 10.6 Å². The molecule has 0 saturated heterocycles. The Kier molecular flexibility index (Phi) is 5.13. The van der Waals surface area contributed by atoms with Gasteiger partial charge in [0.2, 0.25) is 5.91 Å². The minimum Gasteiger partial charge on any atom is -0.451 e. The molecule has 0 fully saturated rings. The average Bonchev–Trinajstić information content (AvgIpc) is 2.94. The van der Waals surface area contributed by atoms with E-state index in [1.54, 1.807) is 13.0 Å². The first-order valence-electron chi connectivity index (χ1n) is 8.29. The molecule has 2 aromatic carbocycles. The molecule has 2 amide bonds. The number of furan rings is 1. The van der Waals surface area contributed by atoms with Crippen LogP contribution in [0.25, 0.3) is 11.0 Å². The standard InChI is InChI=1S/C20H19BrN2O3/c1-4-18(24)22-14-7-5-11(2)16(10-14)23-20(25)19-12(3)15-9-13(21)6-8-17(15)26-19/h5-10H,4H2,1-3H3,(H,22,24)(H,23,25). The van der Waals surface area contributed by atoms with Crippen LogP contribution in [-0.2, 0) is 4.79 Å². The van der Waals surface area contributed by atoms with Crippen LogP contribution in [0.4, 0.5) is 11.4 Å². The van der Waals surface area contributed by atoms with E-state index < -0.39 is 0 Å². The maximum Gasteiger partial charge on any atom is 0.291 e. The summed E-state index contributed by atoms with van der Waals surface area (Å²) in [5.41, 5.74) is 3.61. The molecule has 0 unspecified atom stereocenters. The molecule has 0 aliphatic heterocycles. The third kappa shape index (κ3) is 3.65. The van der Waals surface area contributed by atoms with E-state index in [-0.39, 0.29) is 17.6 Å². The Morgan fingerprint density at radius 1 is 1.08 bits per heavy atom. The van der Waals surface area contributed by atoms with Crippen molar-refractivity contribution in [2.24, 2.45) is 0 Å². The van der Waals surface area contributed by atoms with Gasteiger partial charge in [-0.1, -0.05) is 28.9 Å². The molecule has 0 aliphatic carbocycles. The third-order valence-corrected chi connectivity index (χ3v) is 4.69. The minimum atomic E-state index is -0.322. The maximum absolute atomic E-state index is 12.7. The molecule has 6 heteroatoms. The van der Waals surface area contributed by atoms with Crippen molar-refractivity contribution in [3.63, 3.8) is 0 Å². The molecule has 0 spiro atoms. The molecule has 1 aromatic heterocycles. The van der Waals surface area contributed by atoms with E-state index in [9.17, 15) is 9.59 Å². The first-order valence-corrected chi connectivity index (χ1v) is 9.09. The number of fused-ring (bicyclic) bond motifs is 1. The number of benzene rings is 2. The van der Waals surface area contributed by atoms with Crippen LogP contribution in [0.1, 0.15) is 35.0 Å². The number of hydrogen-bond donors (Lipinski definition) is 2. The molecular weight excluding hydrogens is 396 g/mol. The van der Waals surface area contributed by atoms with Crippen LogP contribution in [0.15, 0.2) is 45.3 Å². The van der Waals surface area contributed by atoms with E-state index in [4.69, 9.17) is 4.42 Å². The molecule has 3 aromatic rings. The van der Waals surface area contributed by atoms with Crippen molar-refractivity contribution in [2.75, 3.05) is 10.6 Å². The lowest BCUT2D eigenvalue weighted by molar-refractivity contribution is -0.115. The summed E-state index contributed by atoms with van der Waals surface area (Å²) >= 11 is 3.43. The smallest absolute Gasteiger partial charge is 0.291 e. The van der Waals surface area contributed by atoms with E-state index in [0.29, 0.717) is 23.4 Å². The number of carbonyl (C=O) groups excluding carboxylic acids is 2. The van der Waals surface area contributed by atoms with Gasteiger partial charge in [0.25, 0.3) is 5.91 Å². The highest BCUT2D eigenvalue weighted by molar-refractivity contribution is 9.10. The van der Waals surface area contributed by atoms with Gasteiger partial charge in [-0.25, -0.2) is 0 Å². The van der Waals surface area contributed by atoms with Crippen LogP contribution in [0, 0.1) is 13.8 Å². The van der Waals surface area contributed by atoms with Gasteiger partial charge in [0.1, 0.15) is 5.58 Å². The number of carbonyl (C=O) groups is 2. The van der Waals surface area contributed by atoms with Gasteiger partial charge in [-0.3, -0.25) is 9.59 Å². The maximum atomic E-state index is 12.7. The summed E-state index contributed by atoms with van der Waals surface area (Å²) in [7, 11) is 0. The molecule has 0 aliphatic rings. The molecule has 3 rings (SSSR count). The Morgan fingerprint density at radius 2 is 1.85 bits per heavy atom. The second-order valence-corrected chi connectivity index (χ2v) is 7.00. The molecule has 0 saturated carbocycles. The predicted octanol–water partition coefficient (Wildman–Crippen LogP) is 5.41. The highest BCUT2D eigenvalue weighted by atomic mass is 79.9. The Balaban J connectivity index is 1.89. The van der Waals surface area contributed by atoms with Crippen LogP contribution >= 0.6 is 15.9 Å². The second-order valence-electron chi connectivity index (χ2n) is 6.08. The van der Waals surface area contributed by atoms with Crippen molar-refractivity contribution in [2.45, 2.75) is 27.2 Å². The number of amides is 2. The number of anilines is 2. The van der Waals surface area contributed by atoms with Crippen LogP contribution in [0.3, 0.4) is 0 Å². The SMILES string of the molecule is CCC(=O)Nc1ccc(C)c(NC(=O)c2oc3ccc(Br)cc3c2C)c1. The monoisotopic (exact) mass is 414 g/mol. The van der Waals surface area contributed by atoms with Gasteiger partial charge in [0.15, 0.2) is 5.76 Å². The Hall–Kier alpha value is -2.60. The second kappa shape index (κ2) is 7.33. The summed E-state index contributed by atoms with van der Waals surface area (Å²) in [5, 5.41) is 6.57. The van der Waals surface area contributed by atoms with Crippen molar-refractivity contribution < 1.29 is 14.0 Å². The zero-order chi connectivity index (χ0) is 18.8. The molecule has 2 N–H and O–H groups in total. The topological polar surface area (TPSA) is 71.3 Å². The van der Waals surface area contributed by atoms with Gasteiger partial charge < -0.3 is 15.1 Å². The number of aryl methyl sites for hydroxylation is 2. The van der Waals surface area contributed by atoms with E-state index >= 15 is 0 Å². The fourth-order valence-corrected chi connectivity index (χ4v) is 3.03. The van der Waals surface area contributed by atoms with E-state index in [0.717, 1.165) is 21.0 Å². The van der Waals surface area contributed by atoms with Gasteiger partial charge >= 0.3 is 0 Å². The Morgan fingerprint density at radius 3 is 2.58 bits per heavy atom. The Labute approximate surface area is 159 Å². The van der Waals surface area contributed by atoms with Gasteiger partial charge in [-0.05, 0) is 49.7 Å². The fourth-order valence-electron chi connectivity index (χ4n) is 2.67. The normalized spacial score (nSPS) is 10.8. The number of hydrogen-bond acceptors (Lipinski definition) is 3. The summed E-state index contributed by atoms with van der Waals surface area (Å²) in [5.74, 6) is -0.123. The Bertz CT molecular complexity index is 1010. The summed E-state index contributed by atoms with van der Waals surface area (Å²) < 4.78 is 6.66. The van der Waals surface area contributed by atoms with E-state index in [1.807, 2.05) is 44.2 Å². The minimum absolute atomic E-state index is 0.0789.